The van der Waals surface area contributed by atoms with Crippen molar-refractivity contribution in [2.45, 2.75) is 39.7 Å². The summed E-state index contributed by atoms with van der Waals surface area (Å²) in [7, 11) is 0. The van der Waals surface area contributed by atoms with E-state index in [4.69, 9.17) is 0 Å². The Hall–Kier alpha value is -1.20. The van der Waals surface area contributed by atoms with Gasteiger partial charge in [-0.1, -0.05) is 13.3 Å². The van der Waals surface area contributed by atoms with Crippen LogP contribution in [0.1, 0.15) is 37.6 Å². The second-order valence-electron chi connectivity index (χ2n) is 5.73. The first-order chi connectivity index (χ1) is 9.67. The van der Waals surface area contributed by atoms with E-state index in [2.05, 4.69) is 16.8 Å². The van der Waals surface area contributed by atoms with Crippen molar-refractivity contribution in [2.75, 3.05) is 13.1 Å². The molecular formula is C15H21N3OS. The van der Waals surface area contributed by atoms with E-state index in [0.29, 0.717) is 0 Å². The number of hydrogen-bond acceptors (Lipinski definition) is 4. The van der Waals surface area contributed by atoms with Gasteiger partial charge in [0.1, 0.15) is 0 Å². The highest BCUT2D eigenvalue weighted by Crippen LogP contribution is 2.20. The lowest BCUT2D eigenvalue weighted by Gasteiger charge is -2.31. The Labute approximate surface area is 123 Å². The highest BCUT2D eigenvalue weighted by atomic mass is 32.1. The zero-order valence-corrected chi connectivity index (χ0v) is 12.9. The maximum Gasteiger partial charge on any atom is 0.259 e. The summed E-state index contributed by atoms with van der Waals surface area (Å²) in [4.78, 5) is 20.1. The Kier molecular flexibility index (Phi) is 3.89. The van der Waals surface area contributed by atoms with Crippen molar-refractivity contribution in [1.82, 2.24) is 14.3 Å². The highest BCUT2D eigenvalue weighted by Gasteiger charge is 2.19. The minimum atomic E-state index is 0.0489. The number of aryl methyl sites for hydroxylation is 1. The van der Waals surface area contributed by atoms with Gasteiger partial charge in [-0.3, -0.25) is 14.1 Å². The summed E-state index contributed by atoms with van der Waals surface area (Å²) >= 11 is 1.54. The largest absolute Gasteiger partial charge is 0.297 e. The first-order valence-electron chi connectivity index (χ1n) is 7.36. The van der Waals surface area contributed by atoms with E-state index >= 15 is 0 Å². The molecule has 1 aliphatic rings. The lowest BCUT2D eigenvalue weighted by molar-refractivity contribution is 0.163. The highest BCUT2D eigenvalue weighted by molar-refractivity contribution is 7.15. The van der Waals surface area contributed by atoms with Crippen molar-refractivity contribution in [3.05, 3.63) is 33.2 Å². The molecule has 0 spiro atoms. The smallest absolute Gasteiger partial charge is 0.259 e. The van der Waals surface area contributed by atoms with Gasteiger partial charge in [-0.05, 0) is 32.2 Å². The minimum absolute atomic E-state index is 0.0489. The quantitative estimate of drug-likeness (QED) is 0.872. The number of fused-ring (bicyclic) bond motifs is 1. The topological polar surface area (TPSA) is 37.6 Å². The van der Waals surface area contributed by atoms with Crippen LogP contribution < -0.4 is 5.56 Å². The Morgan fingerprint density at radius 1 is 1.50 bits per heavy atom. The third-order valence-electron chi connectivity index (χ3n) is 4.19. The van der Waals surface area contributed by atoms with Crippen molar-refractivity contribution in [2.24, 2.45) is 5.92 Å². The lowest BCUT2D eigenvalue weighted by atomic mass is 9.95. The van der Waals surface area contributed by atoms with Gasteiger partial charge in [0.15, 0.2) is 4.96 Å². The average Bonchev–Trinajstić information content (AvgIpc) is 2.81. The zero-order chi connectivity index (χ0) is 14.1. The van der Waals surface area contributed by atoms with Crippen LogP contribution in [0.15, 0.2) is 16.2 Å². The van der Waals surface area contributed by atoms with Crippen LogP contribution in [0.4, 0.5) is 0 Å². The molecule has 0 radical (unpaired) electrons. The van der Waals surface area contributed by atoms with Crippen molar-refractivity contribution in [1.29, 1.82) is 0 Å². The molecule has 0 bridgehead atoms. The van der Waals surface area contributed by atoms with Gasteiger partial charge in [0.2, 0.25) is 0 Å². The van der Waals surface area contributed by atoms with Gasteiger partial charge in [0.25, 0.3) is 5.56 Å². The number of likely N-dealkylation sites (tertiary alicyclic amines) is 1. The molecule has 2 aromatic rings. The number of hydrogen-bond donors (Lipinski definition) is 0. The van der Waals surface area contributed by atoms with Gasteiger partial charge in [-0.15, -0.1) is 11.3 Å². The van der Waals surface area contributed by atoms with Crippen LogP contribution in [-0.4, -0.2) is 27.4 Å². The van der Waals surface area contributed by atoms with Gasteiger partial charge in [-0.2, -0.15) is 0 Å². The molecule has 4 nitrogen and oxygen atoms in total. The maximum atomic E-state index is 12.2. The molecule has 0 amide bonds. The Bertz CT molecular complexity index is 661. The summed E-state index contributed by atoms with van der Waals surface area (Å²) in [5.74, 6) is 0.803. The molecular weight excluding hydrogens is 270 g/mol. The summed E-state index contributed by atoms with van der Waals surface area (Å²) in [5, 5.41) is 1.99. The number of nitrogens with zero attached hydrogens (tertiary/aromatic N) is 3. The molecule has 20 heavy (non-hydrogen) atoms. The normalized spacial score (nSPS) is 20.6. The summed E-state index contributed by atoms with van der Waals surface area (Å²) < 4.78 is 1.69. The summed E-state index contributed by atoms with van der Waals surface area (Å²) in [6.45, 7) is 7.28. The number of rotatable bonds is 3. The van der Waals surface area contributed by atoms with Gasteiger partial charge >= 0.3 is 0 Å². The lowest BCUT2D eigenvalue weighted by Crippen LogP contribution is -2.35. The molecule has 0 saturated carbocycles. The third kappa shape index (κ3) is 2.65. The van der Waals surface area contributed by atoms with Crippen molar-refractivity contribution >= 4 is 16.3 Å². The van der Waals surface area contributed by atoms with Crippen molar-refractivity contribution < 1.29 is 0 Å². The fraction of sp³-hybridized carbons (Fsp3) is 0.600. The second kappa shape index (κ2) is 5.66. The molecule has 1 saturated heterocycles. The fourth-order valence-electron chi connectivity index (χ4n) is 3.04. The second-order valence-corrected chi connectivity index (χ2v) is 6.57. The van der Waals surface area contributed by atoms with Gasteiger partial charge < -0.3 is 0 Å². The number of piperidine rings is 1. The van der Waals surface area contributed by atoms with Gasteiger partial charge in [0, 0.05) is 30.2 Å². The van der Waals surface area contributed by atoms with Crippen molar-refractivity contribution in [3.63, 3.8) is 0 Å². The van der Waals surface area contributed by atoms with Gasteiger partial charge in [0.05, 0.1) is 5.69 Å². The summed E-state index contributed by atoms with van der Waals surface area (Å²) in [6.07, 6.45) is 3.85. The van der Waals surface area contributed by atoms with Crippen LogP contribution >= 0.6 is 11.3 Å². The van der Waals surface area contributed by atoms with E-state index < -0.39 is 0 Å². The zero-order valence-electron chi connectivity index (χ0n) is 12.1. The fourth-order valence-corrected chi connectivity index (χ4v) is 3.93. The minimum Gasteiger partial charge on any atom is -0.297 e. The van der Waals surface area contributed by atoms with Crippen LogP contribution in [0.2, 0.25) is 0 Å². The Morgan fingerprint density at radius 2 is 2.35 bits per heavy atom. The first-order valence-corrected chi connectivity index (χ1v) is 8.24. The molecule has 3 rings (SSSR count). The maximum absolute atomic E-state index is 12.2. The molecule has 5 heteroatoms. The van der Waals surface area contributed by atoms with Crippen LogP contribution in [0.3, 0.4) is 0 Å². The first kappa shape index (κ1) is 13.8. The van der Waals surface area contributed by atoms with Crippen molar-refractivity contribution in [3.8, 4) is 0 Å². The monoisotopic (exact) mass is 291 g/mol. The van der Waals surface area contributed by atoms with Gasteiger partial charge in [-0.25, -0.2) is 4.98 Å². The van der Waals surface area contributed by atoms with Crippen LogP contribution in [0, 0.1) is 12.8 Å². The molecule has 1 aliphatic heterocycles. The van der Waals surface area contributed by atoms with E-state index in [1.54, 1.807) is 21.8 Å². The Balaban J connectivity index is 1.82. The predicted octanol–water partition coefficient (Wildman–Crippen LogP) is 2.69. The van der Waals surface area contributed by atoms with E-state index in [0.717, 1.165) is 41.9 Å². The SMILES string of the molecule is CCC1CCCN(Cc2cc(=O)n3c(C)csc3n2)C1. The number of thiazole rings is 1. The van der Waals surface area contributed by atoms with Crippen LogP contribution in [-0.2, 0) is 6.54 Å². The Morgan fingerprint density at radius 3 is 3.15 bits per heavy atom. The van der Waals surface area contributed by atoms with E-state index in [9.17, 15) is 4.79 Å². The van der Waals surface area contributed by atoms with Crippen LogP contribution in [0.25, 0.3) is 4.96 Å². The molecule has 1 atom stereocenters. The number of aromatic nitrogens is 2. The van der Waals surface area contributed by atoms with E-state index in [1.165, 1.54) is 19.3 Å². The molecule has 1 unspecified atom stereocenters. The summed E-state index contributed by atoms with van der Waals surface area (Å²) in [6, 6.07) is 1.70. The molecule has 0 aromatic carbocycles. The molecule has 2 aromatic heterocycles. The molecule has 1 fully saturated rings. The standard InChI is InChI=1S/C15H21N3OS/c1-3-12-5-4-6-17(8-12)9-13-7-14(19)18-11(2)10-20-15(18)16-13/h7,10,12H,3-6,8-9H2,1-2H3. The predicted molar refractivity (Wildman–Crippen MR) is 82.4 cm³/mol. The summed E-state index contributed by atoms with van der Waals surface area (Å²) in [5.41, 5.74) is 1.93. The van der Waals surface area contributed by atoms with E-state index in [1.807, 2.05) is 12.3 Å². The van der Waals surface area contributed by atoms with Crippen LogP contribution in [0.5, 0.6) is 0 Å². The molecule has 0 aliphatic carbocycles. The molecule has 3 heterocycles. The van der Waals surface area contributed by atoms with E-state index in [-0.39, 0.29) is 5.56 Å². The third-order valence-corrected chi connectivity index (χ3v) is 5.14. The average molecular weight is 291 g/mol. The molecule has 0 N–H and O–H groups in total. The molecule has 108 valence electrons.